The van der Waals surface area contributed by atoms with Crippen LogP contribution in [0, 0.1) is 0 Å². The third kappa shape index (κ3) is 8.01. The summed E-state index contributed by atoms with van der Waals surface area (Å²) in [5.74, 6) is -0.835. The van der Waals surface area contributed by atoms with E-state index in [1.54, 1.807) is 0 Å². The van der Waals surface area contributed by atoms with Gasteiger partial charge in [-0.15, -0.1) is 0 Å². The average molecular weight is 583 g/mol. The first-order valence-corrected chi connectivity index (χ1v) is 13.4. The molecule has 1 N–H and O–H groups in total. The van der Waals surface area contributed by atoms with Crippen molar-refractivity contribution in [2.75, 3.05) is 13.1 Å². The lowest BCUT2D eigenvalue weighted by Crippen LogP contribution is -2.52. The highest BCUT2D eigenvalue weighted by Gasteiger charge is 2.39. The molecule has 1 aliphatic heterocycles. The molecule has 0 aliphatic carbocycles. The van der Waals surface area contributed by atoms with Gasteiger partial charge in [-0.2, -0.15) is 26.3 Å². The van der Waals surface area contributed by atoms with Gasteiger partial charge < -0.3 is 10.2 Å². The first-order chi connectivity index (χ1) is 18.9. The second kappa shape index (κ2) is 12.6. The minimum Gasteiger partial charge on any atom is -0.335 e. The molecule has 10 heteroatoms. The van der Waals surface area contributed by atoms with E-state index in [0.717, 1.165) is 30.5 Å². The number of halogens is 7. The Morgan fingerprint density at radius 1 is 0.875 bits per heavy atom. The van der Waals surface area contributed by atoms with E-state index in [1.807, 2.05) is 54.6 Å². The number of amides is 1. The van der Waals surface area contributed by atoms with E-state index >= 15 is 0 Å². The summed E-state index contributed by atoms with van der Waals surface area (Å²) in [6.45, 7) is 0.935. The van der Waals surface area contributed by atoms with Gasteiger partial charge >= 0.3 is 12.4 Å². The van der Waals surface area contributed by atoms with Gasteiger partial charge in [-0.25, -0.2) is 0 Å². The third-order valence-electron chi connectivity index (χ3n) is 7.11. The molecule has 1 saturated heterocycles. The van der Waals surface area contributed by atoms with Crippen LogP contribution < -0.4 is 5.32 Å². The van der Waals surface area contributed by atoms with E-state index in [1.165, 1.54) is 4.90 Å². The van der Waals surface area contributed by atoms with Crippen molar-refractivity contribution in [2.45, 2.75) is 56.5 Å². The Balaban J connectivity index is 1.50. The maximum Gasteiger partial charge on any atom is 0.416 e. The van der Waals surface area contributed by atoms with Crippen molar-refractivity contribution in [3.8, 4) is 0 Å². The largest absolute Gasteiger partial charge is 0.416 e. The summed E-state index contributed by atoms with van der Waals surface area (Å²) in [6, 6.07) is 17.7. The number of likely N-dealkylation sites (tertiary alicyclic amines) is 1. The number of hydrogen-bond donors (Lipinski definition) is 1. The molecule has 0 unspecified atom stereocenters. The Kier molecular flexibility index (Phi) is 9.46. The maximum atomic E-state index is 13.5. The van der Waals surface area contributed by atoms with Crippen LogP contribution in [0.25, 0.3) is 0 Å². The van der Waals surface area contributed by atoms with E-state index < -0.39 is 41.0 Å². The minimum absolute atomic E-state index is 0.0401. The van der Waals surface area contributed by atoms with E-state index in [0.29, 0.717) is 36.4 Å². The van der Waals surface area contributed by atoms with Crippen LogP contribution in [-0.4, -0.2) is 36.0 Å². The highest BCUT2D eigenvalue weighted by molar-refractivity contribution is 6.30. The fourth-order valence-corrected chi connectivity index (χ4v) is 5.20. The van der Waals surface area contributed by atoms with Gasteiger partial charge in [0, 0.05) is 29.2 Å². The van der Waals surface area contributed by atoms with Gasteiger partial charge in [-0.3, -0.25) is 4.79 Å². The smallest absolute Gasteiger partial charge is 0.335 e. The summed E-state index contributed by atoms with van der Waals surface area (Å²) in [5.41, 5.74) is -1.53. The standard InChI is InChI=1S/C30H29ClF6N2O/c31-25-10-8-20(9-11-25)7-4-13-38-26-12-14-39(27(19-26)15-21-5-2-1-3-6-21)28(40)22-16-23(29(32,33)34)18-24(17-22)30(35,36)37/h1-3,5-6,8-11,16-18,26-27,38H,4,7,12-15,19H2/t26-,27+/m0/s1. The number of nitrogens with one attached hydrogen (secondary N) is 1. The van der Waals surface area contributed by atoms with Crippen LogP contribution in [-0.2, 0) is 25.2 Å². The number of rotatable bonds is 8. The second-order valence-corrected chi connectivity index (χ2v) is 10.5. The van der Waals surface area contributed by atoms with Crippen LogP contribution in [0.15, 0.2) is 72.8 Å². The average Bonchev–Trinajstić information content (AvgIpc) is 2.91. The molecule has 1 amide bonds. The zero-order chi connectivity index (χ0) is 28.9. The van der Waals surface area contributed by atoms with Crippen LogP contribution in [0.5, 0.6) is 0 Å². The topological polar surface area (TPSA) is 32.3 Å². The van der Waals surface area contributed by atoms with Crippen molar-refractivity contribution in [3.63, 3.8) is 0 Å². The first-order valence-electron chi connectivity index (χ1n) is 13.0. The Hall–Kier alpha value is -3.04. The quantitative estimate of drug-likeness (QED) is 0.217. The molecule has 3 nitrogen and oxygen atoms in total. The molecule has 40 heavy (non-hydrogen) atoms. The van der Waals surface area contributed by atoms with E-state index in [2.05, 4.69) is 5.32 Å². The van der Waals surface area contributed by atoms with Crippen molar-refractivity contribution in [1.29, 1.82) is 0 Å². The summed E-state index contributed by atoms with van der Waals surface area (Å²) in [4.78, 5) is 14.9. The molecular weight excluding hydrogens is 554 g/mol. The molecule has 0 radical (unpaired) electrons. The lowest BCUT2D eigenvalue weighted by Gasteiger charge is -2.40. The molecule has 0 saturated carbocycles. The van der Waals surface area contributed by atoms with Gasteiger partial charge in [0.05, 0.1) is 11.1 Å². The lowest BCUT2D eigenvalue weighted by molar-refractivity contribution is -0.143. The van der Waals surface area contributed by atoms with Gasteiger partial charge in [0.25, 0.3) is 5.91 Å². The SMILES string of the molecule is O=C(c1cc(C(F)(F)F)cc(C(F)(F)F)c1)N1CC[C@H](NCCCc2ccc(Cl)cc2)C[C@H]1Cc1ccccc1. The van der Waals surface area contributed by atoms with Crippen molar-refractivity contribution in [1.82, 2.24) is 10.2 Å². The van der Waals surface area contributed by atoms with Gasteiger partial charge in [-0.1, -0.05) is 54.1 Å². The molecule has 214 valence electrons. The van der Waals surface area contributed by atoms with Gasteiger partial charge in [0.2, 0.25) is 0 Å². The number of nitrogens with zero attached hydrogens (tertiary/aromatic N) is 1. The predicted molar refractivity (Wildman–Crippen MR) is 142 cm³/mol. The molecule has 1 heterocycles. The van der Waals surface area contributed by atoms with E-state index in [4.69, 9.17) is 11.6 Å². The summed E-state index contributed by atoms with van der Waals surface area (Å²) >= 11 is 5.93. The number of aryl methyl sites for hydroxylation is 1. The Morgan fingerprint density at radius 3 is 2.10 bits per heavy atom. The number of carbonyl (C=O) groups is 1. The number of alkyl halides is 6. The zero-order valence-corrected chi connectivity index (χ0v) is 22.3. The van der Waals surface area contributed by atoms with Gasteiger partial charge in [0.15, 0.2) is 0 Å². The number of piperidine rings is 1. The zero-order valence-electron chi connectivity index (χ0n) is 21.5. The van der Waals surface area contributed by atoms with Gasteiger partial charge in [0.1, 0.15) is 0 Å². The second-order valence-electron chi connectivity index (χ2n) is 10.0. The van der Waals surface area contributed by atoms with E-state index in [9.17, 15) is 31.1 Å². The summed E-state index contributed by atoms with van der Waals surface area (Å²) in [5, 5.41) is 4.19. The molecule has 2 atom stereocenters. The predicted octanol–water partition coefficient (Wildman–Crippen LogP) is 7.82. The van der Waals surface area contributed by atoms with Crippen LogP contribution in [0.3, 0.4) is 0 Å². The first kappa shape index (κ1) is 29.9. The summed E-state index contributed by atoms with van der Waals surface area (Å²) < 4.78 is 80.5. The molecule has 0 aromatic heterocycles. The van der Waals surface area contributed by atoms with Crippen molar-refractivity contribution < 1.29 is 31.1 Å². The molecule has 1 aliphatic rings. The van der Waals surface area contributed by atoms with Crippen molar-refractivity contribution in [2.24, 2.45) is 0 Å². The van der Waals surface area contributed by atoms with Crippen LogP contribution in [0.1, 0.15) is 51.9 Å². The monoisotopic (exact) mass is 582 g/mol. The van der Waals surface area contributed by atoms with Crippen LogP contribution in [0.4, 0.5) is 26.3 Å². The highest BCUT2D eigenvalue weighted by Crippen LogP contribution is 2.37. The Morgan fingerprint density at radius 2 is 1.50 bits per heavy atom. The van der Waals surface area contributed by atoms with Gasteiger partial charge in [-0.05, 0) is 80.1 Å². The van der Waals surface area contributed by atoms with E-state index in [-0.39, 0.29) is 18.7 Å². The lowest BCUT2D eigenvalue weighted by atomic mass is 9.91. The minimum atomic E-state index is -5.03. The molecular formula is C30H29ClF6N2O. The summed E-state index contributed by atoms with van der Waals surface area (Å²) in [6.07, 6.45) is -6.84. The fourth-order valence-electron chi connectivity index (χ4n) is 5.08. The number of hydrogen-bond acceptors (Lipinski definition) is 2. The normalized spacial score (nSPS) is 18.1. The summed E-state index contributed by atoms with van der Waals surface area (Å²) in [7, 11) is 0. The molecule has 1 fully saturated rings. The number of carbonyl (C=O) groups excluding carboxylic acids is 1. The molecule has 3 aromatic rings. The molecule has 3 aromatic carbocycles. The molecule has 0 spiro atoms. The van der Waals surface area contributed by atoms with Crippen molar-refractivity contribution >= 4 is 17.5 Å². The van der Waals surface area contributed by atoms with Crippen molar-refractivity contribution in [3.05, 3.63) is 106 Å². The fraction of sp³-hybridized carbons (Fsp3) is 0.367. The molecule has 4 rings (SSSR count). The Labute approximate surface area is 234 Å². The van der Waals surface area contributed by atoms with Crippen LogP contribution >= 0.6 is 11.6 Å². The Bertz CT molecular complexity index is 1250. The maximum absolute atomic E-state index is 13.5. The molecule has 0 bridgehead atoms. The van der Waals surface area contributed by atoms with Crippen LogP contribution in [0.2, 0.25) is 5.02 Å². The highest BCUT2D eigenvalue weighted by atomic mass is 35.5. The number of benzene rings is 3. The third-order valence-corrected chi connectivity index (χ3v) is 7.37.